The van der Waals surface area contributed by atoms with Gasteiger partial charge in [-0.25, -0.2) is 9.97 Å². The average Bonchev–Trinajstić information content (AvgIpc) is 2.64. The van der Waals surface area contributed by atoms with Gasteiger partial charge in [-0.05, 0) is 31.4 Å². The third kappa shape index (κ3) is 3.87. The van der Waals surface area contributed by atoms with Crippen molar-refractivity contribution in [2.75, 3.05) is 23.3 Å². The van der Waals surface area contributed by atoms with Crippen LogP contribution in [-0.2, 0) is 0 Å². The van der Waals surface area contributed by atoms with Crippen LogP contribution in [-0.4, -0.2) is 33.9 Å². The third-order valence-electron chi connectivity index (χ3n) is 3.97. The van der Waals surface area contributed by atoms with Gasteiger partial charge in [0.25, 0.3) is 5.91 Å². The van der Waals surface area contributed by atoms with E-state index in [1.165, 1.54) is 18.8 Å². The van der Waals surface area contributed by atoms with Gasteiger partial charge >= 0.3 is 5.69 Å². The first-order valence-electron chi connectivity index (χ1n) is 7.87. The van der Waals surface area contributed by atoms with Crippen molar-refractivity contribution in [3.63, 3.8) is 0 Å². The van der Waals surface area contributed by atoms with Gasteiger partial charge in [0.1, 0.15) is 17.8 Å². The van der Waals surface area contributed by atoms with E-state index in [1.54, 1.807) is 6.07 Å². The minimum Gasteiger partial charge on any atom is -0.357 e. The van der Waals surface area contributed by atoms with Crippen LogP contribution in [0.3, 0.4) is 0 Å². The Kier molecular flexibility index (Phi) is 4.82. The van der Waals surface area contributed by atoms with Crippen LogP contribution in [0.25, 0.3) is 0 Å². The summed E-state index contributed by atoms with van der Waals surface area (Å²) in [4.78, 5) is 32.5. The van der Waals surface area contributed by atoms with Crippen LogP contribution in [0.1, 0.15) is 29.8 Å². The fraction of sp³-hybridized carbons (Fsp3) is 0.312. The molecule has 25 heavy (non-hydrogen) atoms. The van der Waals surface area contributed by atoms with E-state index in [4.69, 9.17) is 0 Å². The molecular formula is C16H16FN5O3. The van der Waals surface area contributed by atoms with Gasteiger partial charge in [0.15, 0.2) is 0 Å². The number of carbonyl (C=O) groups is 1. The number of hydrogen-bond donors (Lipinski definition) is 1. The van der Waals surface area contributed by atoms with Gasteiger partial charge in [0.05, 0.1) is 4.92 Å². The normalized spacial score (nSPS) is 14.2. The maximum Gasteiger partial charge on any atom is 0.306 e. The summed E-state index contributed by atoms with van der Waals surface area (Å²) in [6.07, 6.45) is 4.64. The predicted octanol–water partition coefficient (Wildman–Crippen LogP) is 2.77. The van der Waals surface area contributed by atoms with Crippen molar-refractivity contribution in [1.82, 2.24) is 9.97 Å². The van der Waals surface area contributed by atoms with Gasteiger partial charge in [-0.1, -0.05) is 0 Å². The highest BCUT2D eigenvalue weighted by atomic mass is 19.1. The van der Waals surface area contributed by atoms with Crippen LogP contribution in [0, 0.1) is 15.9 Å². The van der Waals surface area contributed by atoms with Gasteiger partial charge in [-0.2, -0.15) is 4.39 Å². The number of nitrogens with one attached hydrogen (secondary N) is 1. The number of hydrogen-bond acceptors (Lipinski definition) is 6. The first-order chi connectivity index (χ1) is 12.0. The van der Waals surface area contributed by atoms with E-state index in [-0.39, 0.29) is 11.4 Å². The summed E-state index contributed by atoms with van der Waals surface area (Å²) >= 11 is 0. The highest BCUT2D eigenvalue weighted by Gasteiger charge is 2.18. The summed E-state index contributed by atoms with van der Waals surface area (Å²) in [5.74, 6) is -0.830. The molecule has 0 aliphatic carbocycles. The Morgan fingerprint density at radius 3 is 2.68 bits per heavy atom. The zero-order valence-corrected chi connectivity index (χ0v) is 13.3. The van der Waals surface area contributed by atoms with Crippen LogP contribution < -0.4 is 10.2 Å². The molecule has 1 aliphatic heterocycles. The largest absolute Gasteiger partial charge is 0.357 e. The topological polar surface area (TPSA) is 101 Å². The number of rotatable bonds is 4. The number of nitro groups is 1. The van der Waals surface area contributed by atoms with E-state index < -0.39 is 22.3 Å². The van der Waals surface area contributed by atoms with Gasteiger partial charge in [-0.3, -0.25) is 14.9 Å². The maximum atomic E-state index is 13.4. The van der Waals surface area contributed by atoms with Crippen LogP contribution in [0.2, 0.25) is 0 Å². The monoisotopic (exact) mass is 345 g/mol. The standard InChI is InChI=1S/C16H16FN5O3/c17-12-5-4-11(8-14(12)22(24)25)20-16(23)13-9-15(19-10-18-13)21-6-2-1-3-7-21/h4-5,8-10H,1-3,6-7H2,(H,20,23). The minimum atomic E-state index is -0.961. The van der Waals surface area contributed by atoms with Crippen molar-refractivity contribution < 1.29 is 14.1 Å². The molecule has 1 fully saturated rings. The Morgan fingerprint density at radius 1 is 1.20 bits per heavy atom. The zero-order valence-electron chi connectivity index (χ0n) is 13.3. The van der Waals surface area contributed by atoms with Crippen molar-refractivity contribution in [2.24, 2.45) is 0 Å². The van der Waals surface area contributed by atoms with Crippen molar-refractivity contribution in [1.29, 1.82) is 0 Å². The number of benzene rings is 1. The van der Waals surface area contributed by atoms with Crippen LogP contribution >= 0.6 is 0 Å². The summed E-state index contributed by atoms with van der Waals surface area (Å²) in [7, 11) is 0. The van der Waals surface area contributed by atoms with Crippen molar-refractivity contribution in [3.8, 4) is 0 Å². The van der Waals surface area contributed by atoms with Gasteiger partial charge in [0.2, 0.25) is 5.82 Å². The molecule has 1 aliphatic rings. The maximum absolute atomic E-state index is 13.4. The predicted molar refractivity (Wildman–Crippen MR) is 89.1 cm³/mol. The Bertz CT molecular complexity index is 808. The van der Waals surface area contributed by atoms with Crippen LogP contribution in [0.15, 0.2) is 30.6 Å². The lowest BCUT2D eigenvalue weighted by atomic mass is 10.1. The summed E-state index contributed by atoms with van der Waals surface area (Å²) in [5, 5.41) is 13.3. The number of halogens is 1. The SMILES string of the molecule is O=C(Nc1ccc(F)c([N+](=O)[O-])c1)c1cc(N2CCCCC2)ncn1. The van der Waals surface area contributed by atoms with Crippen molar-refractivity contribution in [2.45, 2.75) is 19.3 Å². The van der Waals surface area contributed by atoms with E-state index in [2.05, 4.69) is 20.2 Å². The number of carbonyl (C=O) groups excluding carboxylic acids is 1. The number of amides is 1. The molecule has 3 rings (SSSR count). The lowest BCUT2D eigenvalue weighted by molar-refractivity contribution is -0.387. The Labute approximate surface area is 142 Å². The fourth-order valence-corrected chi connectivity index (χ4v) is 2.69. The van der Waals surface area contributed by atoms with E-state index in [1.807, 2.05) is 0 Å². The molecule has 9 heteroatoms. The highest BCUT2D eigenvalue weighted by Crippen LogP contribution is 2.22. The van der Waals surface area contributed by atoms with E-state index >= 15 is 0 Å². The summed E-state index contributed by atoms with van der Waals surface area (Å²) in [6.45, 7) is 1.75. The average molecular weight is 345 g/mol. The molecular weight excluding hydrogens is 329 g/mol. The molecule has 0 atom stereocenters. The quantitative estimate of drug-likeness (QED) is 0.675. The molecule has 0 bridgehead atoms. The highest BCUT2D eigenvalue weighted by molar-refractivity contribution is 6.03. The molecule has 1 amide bonds. The number of nitrogens with zero attached hydrogens (tertiary/aromatic N) is 4. The lowest BCUT2D eigenvalue weighted by Gasteiger charge is -2.27. The third-order valence-corrected chi connectivity index (χ3v) is 3.97. The molecule has 0 spiro atoms. The molecule has 2 aromatic rings. The van der Waals surface area contributed by atoms with Crippen molar-refractivity contribution in [3.05, 3.63) is 52.2 Å². The number of anilines is 2. The second-order valence-corrected chi connectivity index (χ2v) is 5.69. The van der Waals surface area contributed by atoms with Gasteiger partial charge < -0.3 is 10.2 Å². The molecule has 1 aromatic heterocycles. The number of aromatic nitrogens is 2. The number of nitro benzene ring substituents is 1. The molecule has 0 saturated carbocycles. The molecule has 0 unspecified atom stereocenters. The first-order valence-corrected chi connectivity index (χ1v) is 7.87. The van der Waals surface area contributed by atoms with Gasteiger partial charge in [-0.15, -0.1) is 0 Å². The molecule has 8 nitrogen and oxygen atoms in total. The summed E-state index contributed by atoms with van der Waals surface area (Å²) < 4.78 is 13.4. The zero-order chi connectivity index (χ0) is 17.8. The molecule has 0 radical (unpaired) electrons. The second-order valence-electron chi connectivity index (χ2n) is 5.69. The molecule has 2 heterocycles. The minimum absolute atomic E-state index is 0.122. The Balaban J connectivity index is 1.77. The first kappa shape index (κ1) is 16.7. The van der Waals surface area contributed by atoms with E-state index in [0.717, 1.165) is 38.1 Å². The van der Waals surface area contributed by atoms with E-state index in [9.17, 15) is 19.3 Å². The fourth-order valence-electron chi connectivity index (χ4n) is 2.69. The summed E-state index contributed by atoms with van der Waals surface area (Å²) in [5.41, 5.74) is -0.437. The summed E-state index contributed by atoms with van der Waals surface area (Å²) in [6, 6.07) is 4.75. The molecule has 1 aromatic carbocycles. The van der Waals surface area contributed by atoms with Crippen molar-refractivity contribution >= 4 is 23.1 Å². The lowest BCUT2D eigenvalue weighted by Crippen LogP contribution is -2.30. The Hall–Kier alpha value is -3.10. The smallest absolute Gasteiger partial charge is 0.306 e. The van der Waals surface area contributed by atoms with Crippen LogP contribution in [0.5, 0.6) is 0 Å². The van der Waals surface area contributed by atoms with Gasteiger partial charge in [0, 0.05) is 30.9 Å². The number of piperidine rings is 1. The Morgan fingerprint density at radius 2 is 1.96 bits per heavy atom. The second kappa shape index (κ2) is 7.20. The molecule has 1 N–H and O–H groups in total. The molecule has 130 valence electrons. The van der Waals surface area contributed by atoms with E-state index in [0.29, 0.717) is 5.82 Å². The van der Waals surface area contributed by atoms with Crippen LogP contribution in [0.4, 0.5) is 21.6 Å². The molecule has 1 saturated heterocycles.